The maximum absolute atomic E-state index is 12.1. The Kier molecular flexibility index (Phi) is 5.64. The Balaban J connectivity index is 1.80. The lowest BCUT2D eigenvalue weighted by Crippen LogP contribution is -2.08. The van der Waals surface area contributed by atoms with Crippen LogP contribution in [0.1, 0.15) is 33.1 Å². The van der Waals surface area contributed by atoms with Crippen LogP contribution >= 0.6 is 0 Å². The molecule has 0 spiro atoms. The van der Waals surface area contributed by atoms with Gasteiger partial charge >= 0.3 is 0 Å². The summed E-state index contributed by atoms with van der Waals surface area (Å²) in [6, 6.07) is 7.47. The number of benzene rings is 1. The Morgan fingerprint density at radius 2 is 2.07 bits per heavy atom. The minimum atomic E-state index is -3.02. The number of para-hydroxylation sites is 1. The maximum atomic E-state index is 12.1. The zero-order valence-electron chi connectivity index (χ0n) is 15.6. The molecule has 146 valence electrons. The van der Waals surface area contributed by atoms with Crippen LogP contribution in [-0.2, 0) is 21.2 Å². The summed E-state index contributed by atoms with van der Waals surface area (Å²) in [6.07, 6.45) is 1.46. The summed E-state index contributed by atoms with van der Waals surface area (Å²) in [5.74, 6) is -0.00468. The number of carbonyl (C=O) groups excluding carboxylic acids is 1. The highest BCUT2D eigenvalue weighted by molar-refractivity contribution is 7.91. The summed E-state index contributed by atoms with van der Waals surface area (Å²) in [6.45, 7) is 4.88. The second kappa shape index (κ2) is 7.80. The van der Waals surface area contributed by atoms with Crippen LogP contribution in [0.15, 0.2) is 34.5 Å². The lowest BCUT2D eigenvalue weighted by molar-refractivity contribution is -0.119. The molecule has 1 aromatic carbocycles. The molecule has 1 atom stereocenters. The van der Waals surface area contributed by atoms with Gasteiger partial charge in [0.05, 0.1) is 17.0 Å². The molecule has 0 unspecified atom stereocenters. The van der Waals surface area contributed by atoms with Crippen molar-refractivity contribution < 1.29 is 18.3 Å². The van der Waals surface area contributed by atoms with Crippen LogP contribution < -0.4 is 0 Å². The van der Waals surface area contributed by atoms with Crippen LogP contribution in [-0.4, -0.2) is 35.5 Å². The molecule has 7 nitrogen and oxygen atoms in total. The molecule has 27 heavy (non-hydrogen) atoms. The van der Waals surface area contributed by atoms with Gasteiger partial charge < -0.3 is 9.67 Å². The smallest absolute Gasteiger partial charge is 0.265 e. The van der Waals surface area contributed by atoms with E-state index in [0.717, 1.165) is 17.3 Å². The van der Waals surface area contributed by atoms with Gasteiger partial charge in [-0.1, -0.05) is 32.0 Å². The molecule has 1 amide bonds. The number of nitrogens with zero attached hydrogens (tertiary/aromatic N) is 3. The molecule has 1 N–H and O–H groups in total. The molecule has 0 bridgehead atoms. The molecule has 1 aliphatic heterocycles. The number of amides is 1. The number of aromatic nitrogens is 1. The van der Waals surface area contributed by atoms with E-state index in [1.54, 1.807) is 4.57 Å². The number of hydrogen-bond donors (Lipinski definition) is 1. The van der Waals surface area contributed by atoms with E-state index in [-0.39, 0.29) is 35.4 Å². The van der Waals surface area contributed by atoms with E-state index in [2.05, 4.69) is 24.1 Å². The highest BCUT2D eigenvalue weighted by Crippen LogP contribution is 2.39. The van der Waals surface area contributed by atoms with Gasteiger partial charge in [-0.3, -0.25) is 4.79 Å². The van der Waals surface area contributed by atoms with Crippen molar-refractivity contribution in [2.45, 2.75) is 39.7 Å². The number of fused-ring (bicyclic) bond motifs is 1. The van der Waals surface area contributed by atoms with Crippen LogP contribution in [0, 0.1) is 11.8 Å². The van der Waals surface area contributed by atoms with E-state index in [0.29, 0.717) is 18.9 Å². The van der Waals surface area contributed by atoms with Crippen LogP contribution in [0.3, 0.4) is 0 Å². The molecule has 8 heteroatoms. The standard InChI is InChI=1S/C19H25N3O4S/c1-13(2)7-9-22-16-6-4-3-5-15(16)18(19(22)24)21-20-17(23)11-14-8-10-27(25,26)12-14/h3-6,13-14,24H,7-12H2,1-2H3/t14-/m0/s1. The lowest BCUT2D eigenvalue weighted by Gasteiger charge is -2.08. The Morgan fingerprint density at radius 1 is 1.33 bits per heavy atom. The van der Waals surface area contributed by atoms with Crippen molar-refractivity contribution in [1.29, 1.82) is 0 Å². The Hall–Kier alpha value is -2.22. The van der Waals surface area contributed by atoms with Gasteiger partial charge in [-0.15, -0.1) is 10.2 Å². The van der Waals surface area contributed by atoms with E-state index < -0.39 is 15.7 Å². The van der Waals surface area contributed by atoms with Crippen LogP contribution in [0.25, 0.3) is 10.9 Å². The molecule has 3 rings (SSSR count). The van der Waals surface area contributed by atoms with Gasteiger partial charge in [0, 0.05) is 18.4 Å². The monoisotopic (exact) mass is 391 g/mol. The van der Waals surface area contributed by atoms with E-state index >= 15 is 0 Å². The van der Waals surface area contributed by atoms with Crippen LogP contribution in [0.5, 0.6) is 5.88 Å². The maximum Gasteiger partial charge on any atom is 0.265 e. The van der Waals surface area contributed by atoms with Gasteiger partial charge in [-0.05, 0) is 30.7 Å². The van der Waals surface area contributed by atoms with Gasteiger partial charge in [0.2, 0.25) is 5.88 Å². The predicted octanol–water partition coefficient (Wildman–Crippen LogP) is 3.83. The molecular weight excluding hydrogens is 366 g/mol. The van der Waals surface area contributed by atoms with Crippen molar-refractivity contribution in [1.82, 2.24) is 4.57 Å². The van der Waals surface area contributed by atoms with Gasteiger partial charge in [-0.2, -0.15) is 0 Å². The van der Waals surface area contributed by atoms with Gasteiger partial charge in [0.15, 0.2) is 15.5 Å². The van der Waals surface area contributed by atoms with Crippen molar-refractivity contribution >= 4 is 32.3 Å². The third kappa shape index (κ3) is 4.55. The molecular formula is C19H25N3O4S. The molecule has 0 aliphatic carbocycles. The second-order valence-corrected chi connectivity index (χ2v) is 9.82. The van der Waals surface area contributed by atoms with Gasteiger partial charge in [0.1, 0.15) is 0 Å². The fourth-order valence-corrected chi connectivity index (χ4v) is 5.27. The molecule has 2 heterocycles. The Bertz CT molecular complexity index is 976. The molecule has 1 fully saturated rings. The minimum absolute atomic E-state index is 0.00292. The first-order valence-corrected chi connectivity index (χ1v) is 11.0. The normalized spacial score (nSPS) is 19.4. The Morgan fingerprint density at radius 3 is 2.74 bits per heavy atom. The fraction of sp³-hybridized carbons (Fsp3) is 0.526. The average molecular weight is 391 g/mol. The minimum Gasteiger partial charge on any atom is -0.493 e. The largest absolute Gasteiger partial charge is 0.493 e. The molecule has 2 aromatic rings. The summed E-state index contributed by atoms with van der Waals surface area (Å²) in [5.41, 5.74) is 1.13. The van der Waals surface area contributed by atoms with Crippen molar-refractivity contribution in [2.75, 3.05) is 11.5 Å². The first-order valence-electron chi connectivity index (χ1n) is 9.22. The number of azo groups is 1. The van der Waals surface area contributed by atoms with Crippen molar-refractivity contribution in [3.8, 4) is 5.88 Å². The number of rotatable bonds is 6. The van der Waals surface area contributed by atoms with E-state index in [4.69, 9.17) is 0 Å². The third-order valence-corrected chi connectivity index (χ3v) is 6.74. The number of aromatic hydroxyl groups is 1. The topological polar surface area (TPSA) is 101 Å². The first kappa shape index (κ1) is 19.5. The summed E-state index contributed by atoms with van der Waals surface area (Å²) in [7, 11) is -3.02. The SMILES string of the molecule is CC(C)CCn1c(O)c(N=NC(=O)C[C@@H]2CCS(=O)(=O)C2)c2ccccc21. The highest BCUT2D eigenvalue weighted by Gasteiger charge is 2.29. The van der Waals surface area contributed by atoms with E-state index in [1.807, 2.05) is 24.3 Å². The number of hydrogen-bond acceptors (Lipinski definition) is 5. The van der Waals surface area contributed by atoms with E-state index in [1.165, 1.54) is 0 Å². The summed E-state index contributed by atoms with van der Waals surface area (Å²) >= 11 is 0. The summed E-state index contributed by atoms with van der Waals surface area (Å²) in [5, 5.41) is 19.1. The zero-order chi connectivity index (χ0) is 19.6. The molecule has 1 saturated heterocycles. The van der Waals surface area contributed by atoms with Crippen molar-refractivity contribution in [3.63, 3.8) is 0 Å². The first-order chi connectivity index (χ1) is 12.8. The zero-order valence-corrected chi connectivity index (χ0v) is 16.4. The summed E-state index contributed by atoms with van der Waals surface area (Å²) in [4.78, 5) is 12.1. The number of carbonyl (C=O) groups is 1. The van der Waals surface area contributed by atoms with Crippen LogP contribution in [0.4, 0.5) is 5.69 Å². The van der Waals surface area contributed by atoms with Crippen LogP contribution in [0.2, 0.25) is 0 Å². The molecule has 1 aliphatic rings. The predicted molar refractivity (Wildman–Crippen MR) is 104 cm³/mol. The van der Waals surface area contributed by atoms with Gasteiger partial charge in [0.25, 0.3) is 5.91 Å². The summed E-state index contributed by atoms with van der Waals surface area (Å²) < 4.78 is 24.8. The molecule has 1 aromatic heterocycles. The van der Waals surface area contributed by atoms with Crippen molar-refractivity contribution in [2.24, 2.45) is 22.1 Å². The van der Waals surface area contributed by atoms with Crippen molar-refractivity contribution in [3.05, 3.63) is 24.3 Å². The quantitative estimate of drug-likeness (QED) is 0.756. The van der Waals surface area contributed by atoms with Gasteiger partial charge in [-0.25, -0.2) is 8.42 Å². The number of sulfone groups is 1. The molecule has 0 radical (unpaired) electrons. The number of aryl methyl sites for hydroxylation is 1. The average Bonchev–Trinajstić information content (AvgIpc) is 3.07. The molecule has 0 saturated carbocycles. The third-order valence-electron chi connectivity index (χ3n) is 4.90. The highest BCUT2D eigenvalue weighted by atomic mass is 32.2. The fourth-order valence-electron chi connectivity index (χ4n) is 3.41. The lowest BCUT2D eigenvalue weighted by atomic mass is 10.1. The van der Waals surface area contributed by atoms with E-state index in [9.17, 15) is 18.3 Å². The second-order valence-electron chi connectivity index (χ2n) is 7.59. The Labute approximate surface area is 159 Å².